The normalized spacial score (nSPS) is 14.9. The molecule has 0 radical (unpaired) electrons. The lowest BCUT2D eigenvalue weighted by Gasteiger charge is -2.23. The van der Waals surface area contributed by atoms with E-state index in [1.54, 1.807) is 18.7 Å². The SMILES string of the molecule is Cc1c(NC(=O)c2cccnc2C2CCNCC2)cccc1-c1ncco1. The van der Waals surface area contributed by atoms with Gasteiger partial charge in [0.1, 0.15) is 6.26 Å². The second-order valence-corrected chi connectivity index (χ2v) is 6.73. The van der Waals surface area contributed by atoms with Gasteiger partial charge < -0.3 is 15.1 Å². The number of anilines is 1. The van der Waals surface area contributed by atoms with Crippen molar-refractivity contribution in [2.45, 2.75) is 25.7 Å². The monoisotopic (exact) mass is 362 g/mol. The molecule has 0 aliphatic carbocycles. The van der Waals surface area contributed by atoms with Crippen LogP contribution in [0.1, 0.15) is 40.4 Å². The van der Waals surface area contributed by atoms with Gasteiger partial charge in [0.2, 0.25) is 5.89 Å². The van der Waals surface area contributed by atoms with Crippen molar-refractivity contribution in [2.24, 2.45) is 0 Å². The number of pyridine rings is 1. The minimum absolute atomic E-state index is 0.135. The summed E-state index contributed by atoms with van der Waals surface area (Å²) in [5.41, 5.74) is 4.06. The largest absolute Gasteiger partial charge is 0.445 e. The Kier molecular flexibility index (Phi) is 4.98. The lowest BCUT2D eigenvalue weighted by atomic mass is 9.91. The number of piperidine rings is 1. The molecule has 4 rings (SSSR count). The summed E-state index contributed by atoms with van der Waals surface area (Å²) < 4.78 is 5.40. The van der Waals surface area contributed by atoms with Crippen LogP contribution in [0.4, 0.5) is 5.69 Å². The first kappa shape index (κ1) is 17.4. The molecule has 2 N–H and O–H groups in total. The third kappa shape index (κ3) is 3.61. The standard InChI is InChI=1S/C21H22N4O2/c1-14-16(21-24-12-13-27-21)4-2-6-18(14)25-20(26)17-5-3-9-23-19(17)15-7-10-22-11-8-15/h2-6,9,12-13,15,22H,7-8,10-11H2,1H3,(H,25,26). The van der Waals surface area contributed by atoms with Crippen LogP contribution in [0.25, 0.3) is 11.5 Å². The van der Waals surface area contributed by atoms with Crippen molar-refractivity contribution in [2.75, 3.05) is 18.4 Å². The van der Waals surface area contributed by atoms with Crippen LogP contribution in [0.5, 0.6) is 0 Å². The van der Waals surface area contributed by atoms with Gasteiger partial charge in [-0.1, -0.05) is 6.07 Å². The molecule has 0 atom stereocenters. The molecule has 6 heteroatoms. The number of hydrogen-bond donors (Lipinski definition) is 2. The molecule has 1 aliphatic rings. The smallest absolute Gasteiger partial charge is 0.257 e. The Morgan fingerprint density at radius 1 is 1.15 bits per heavy atom. The molecule has 0 spiro atoms. The maximum Gasteiger partial charge on any atom is 0.257 e. The van der Waals surface area contributed by atoms with Gasteiger partial charge in [0.15, 0.2) is 0 Å². The third-order valence-electron chi connectivity index (χ3n) is 5.05. The van der Waals surface area contributed by atoms with E-state index in [-0.39, 0.29) is 5.91 Å². The van der Waals surface area contributed by atoms with Crippen LogP contribution in [-0.4, -0.2) is 29.0 Å². The summed E-state index contributed by atoms with van der Waals surface area (Å²) in [6, 6.07) is 9.38. The van der Waals surface area contributed by atoms with Crippen LogP contribution in [-0.2, 0) is 0 Å². The highest BCUT2D eigenvalue weighted by atomic mass is 16.3. The molecular formula is C21H22N4O2. The number of benzene rings is 1. The van der Waals surface area contributed by atoms with E-state index in [9.17, 15) is 4.79 Å². The second kappa shape index (κ2) is 7.72. The maximum atomic E-state index is 13.0. The Hall–Kier alpha value is -2.99. The Labute approximate surface area is 158 Å². The zero-order valence-electron chi connectivity index (χ0n) is 15.2. The van der Waals surface area contributed by atoms with Gasteiger partial charge in [-0.25, -0.2) is 4.98 Å². The van der Waals surface area contributed by atoms with Crippen LogP contribution in [0.2, 0.25) is 0 Å². The van der Waals surface area contributed by atoms with Crippen LogP contribution in [0.15, 0.2) is 53.4 Å². The average Bonchev–Trinajstić information content (AvgIpc) is 3.25. The van der Waals surface area contributed by atoms with E-state index in [4.69, 9.17) is 4.42 Å². The third-order valence-corrected chi connectivity index (χ3v) is 5.05. The summed E-state index contributed by atoms with van der Waals surface area (Å²) in [7, 11) is 0. The van der Waals surface area contributed by atoms with E-state index in [1.165, 1.54) is 0 Å². The van der Waals surface area contributed by atoms with Crippen LogP contribution < -0.4 is 10.6 Å². The molecule has 1 aliphatic heterocycles. The lowest BCUT2D eigenvalue weighted by Crippen LogP contribution is -2.28. The van der Waals surface area contributed by atoms with Crippen molar-refractivity contribution in [3.05, 3.63) is 65.8 Å². The molecule has 27 heavy (non-hydrogen) atoms. The predicted molar refractivity (Wildman–Crippen MR) is 104 cm³/mol. The molecule has 1 aromatic carbocycles. The second-order valence-electron chi connectivity index (χ2n) is 6.73. The number of rotatable bonds is 4. The molecule has 6 nitrogen and oxygen atoms in total. The molecule has 0 saturated carbocycles. The number of nitrogens with zero attached hydrogens (tertiary/aromatic N) is 2. The first-order valence-corrected chi connectivity index (χ1v) is 9.20. The quantitative estimate of drug-likeness (QED) is 0.739. The molecule has 1 saturated heterocycles. The number of carbonyl (C=O) groups excluding carboxylic acids is 1. The van der Waals surface area contributed by atoms with Gasteiger partial charge in [0.05, 0.1) is 17.5 Å². The van der Waals surface area contributed by atoms with Crippen molar-refractivity contribution in [3.63, 3.8) is 0 Å². The molecule has 138 valence electrons. The van der Waals surface area contributed by atoms with Crippen molar-refractivity contribution in [1.29, 1.82) is 0 Å². The Bertz CT molecular complexity index is 931. The summed E-state index contributed by atoms with van der Waals surface area (Å²) in [6.07, 6.45) is 6.91. The number of carbonyl (C=O) groups is 1. The minimum atomic E-state index is -0.135. The van der Waals surface area contributed by atoms with E-state index < -0.39 is 0 Å². The molecule has 1 fully saturated rings. The van der Waals surface area contributed by atoms with Gasteiger partial charge >= 0.3 is 0 Å². The number of aromatic nitrogens is 2. The molecular weight excluding hydrogens is 340 g/mol. The molecule has 1 amide bonds. The van der Waals surface area contributed by atoms with Gasteiger partial charge in [0.25, 0.3) is 5.91 Å². The van der Waals surface area contributed by atoms with E-state index >= 15 is 0 Å². The van der Waals surface area contributed by atoms with Crippen LogP contribution >= 0.6 is 0 Å². The predicted octanol–water partition coefficient (Wildman–Crippen LogP) is 3.76. The fraction of sp³-hybridized carbons (Fsp3) is 0.286. The van der Waals surface area contributed by atoms with Gasteiger partial charge in [-0.15, -0.1) is 0 Å². The van der Waals surface area contributed by atoms with Crippen LogP contribution in [0, 0.1) is 6.92 Å². The van der Waals surface area contributed by atoms with Crippen molar-refractivity contribution in [3.8, 4) is 11.5 Å². The van der Waals surface area contributed by atoms with E-state index in [1.807, 2.05) is 37.3 Å². The van der Waals surface area contributed by atoms with Crippen molar-refractivity contribution < 1.29 is 9.21 Å². The fourth-order valence-electron chi connectivity index (χ4n) is 3.58. The van der Waals surface area contributed by atoms with E-state index in [2.05, 4.69) is 20.6 Å². The number of amides is 1. The Morgan fingerprint density at radius 2 is 2.00 bits per heavy atom. The molecule has 2 aromatic heterocycles. The summed E-state index contributed by atoms with van der Waals surface area (Å²) in [5, 5.41) is 6.40. The van der Waals surface area contributed by atoms with Gasteiger partial charge in [0, 0.05) is 23.4 Å². The molecule has 3 aromatic rings. The summed E-state index contributed by atoms with van der Waals surface area (Å²) in [4.78, 5) is 21.8. The Morgan fingerprint density at radius 3 is 2.78 bits per heavy atom. The highest BCUT2D eigenvalue weighted by Crippen LogP contribution is 2.29. The fourth-order valence-corrected chi connectivity index (χ4v) is 3.58. The maximum absolute atomic E-state index is 13.0. The summed E-state index contributed by atoms with van der Waals surface area (Å²) in [6.45, 7) is 3.87. The summed E-state index contributed by atoms with van der Waals surface area (Å²) in [5.74, 6) is 0.720. The van der Waals surface area contributed by atoms with Crippen molar-refractivity contribution >= 4 is 11.6 Å². The van der Waals surface area contributed by atoms with Crippen LogP contribution in [0.3, 0.4) is 0 Å². The summed E-state index contributed by atoms with van der Waals surface area (Å²) >= 11 is 0. The van der Waals surface area contributed by atoms with E-state index in [0.29, 0.717) is 17.4 Å². The lowest BCUT2D eigenvalue weighted by molar-refractivity contribution is 0.102. The number of nitrogens with one attached hydrogen (secondary N) is 2. The van der Waals surface area contributed by atoms with E-state index in [0.717, 1.165) is 48.4 Å². The topological polar surface area (TPSA) is 80.0 Å². The molecule has 0 bridgehead atoms. The number of hydrogen-bond acceptors (Lipinski definition) is 5. The van der Waals surface area contributed by atoms with Gasteiger partial charge in [-0.2, -0.15) is 0 Å². The Balaban J connectivity index is 1.61. The van der Waals surface area contributed by atoms with Gasteiger partial charge in [-0.3, -0.25) is 9.78 Å². The zero-order chi connectivity index (χ0) is 18.6. The van der Waals surface area contributed by atoms with Crippen molar-refractivity contribution in [1.82, 2.24) is 15.3 Å². The highest BCUT2D eigenvalue weighted by molar-refractivity contribution is 6.05. The van der Waals surface area contributed by atoms with Gasteiger partial charge in [-0.05, 0) is 62.7 Å². The molecule has 3 heterocycles. The zero-order valence-corrected chi connectivity index (χ0v) is 15.2. The first-order chi connectivity index (χ1) is 13.2. The molecule has 0 unspecified atom stereocenters. The number of oxazole rings is 1. The highest BCUT2D eigenvalue weighted by Gasteiger charge is 2.23. The minimum Gasteiger partial charge on any atom is -0.445 e. The average molecular weight is 362 g/mol. The first-order valence-electron chi connectivity index (χ1n) is 9.20.